The first-order valence-electron chi connectivity index (χ1n) is 21.6. The standard InChI is InChI=1S/C60H46O4/c1-63-53-23-27-57-49(37-53)35-47-33-43(39-61)13-25-55(47)59(57,31-29-41-9-5-3-6-10-41)51-19-15-45(16-20-51)46-17-21-52(22-18-46)60(32-30-42-11-7-4-8-12-42)56-26-14-44(40-62)34-48(56)36-50-38-54(64-2)24-28-58(50)60/h3-28,33-34,37-38,61-62H,35-36,39-40H2,1-2H3. The first kappa shape index (κ1) is 40.5. The molecule has 0 aromatic heterocycles. The number of fused-ring (bicyclic) bond motifs is 4. The summed E-state index contributed by atoms with van der Waals surface area (Å²) in [6.45, 7) is -0.0683. The summed E-state index contributed by atoms with van der Waals surface area (Å²) in [5.41, 5.74) is 15.3. The van der Waals surface area contributed by atoms with Gasteiger partial charge >= 0.3 is 0 Å². The van der Waals surface area contributed by atoms with Crippen molar-refractivity contribution in [3.63, 3.8) is 0 Å². The highest BCUT2D eigenvalue weighted by atomic mass is 16.5. The van der Waals surface area contributed by atoms with Crippen molar-refractivity contribution in [1.29, 1.82) is 0 Å². The van der Waals surface area contributed by atoms with Gasteiger partial charge in [-0.25, -0.2) is 0 Å². The van der Waals surface area contributed by atoms with Gasteiger partial charge in [0.1, 0.15) is 22.3 Å². The van der Waals surface area contributed by atoms with Crippen molar-refractivity contribution >= 4 is 0 Å². The van der Waals surface area contributed by atoms with Gasteiger partial charge in [-0.15, -0.1) is 0 Å². The molecule has 0 spiro atoms. The zero-order valence-electron chi connectivity index (χ0n) is 35.9. The number of aliphatic hydroxyl groups excluding tert-OH is 2. The Hall–Kier alpha value is -7.60. The van der Waals surface area contributed by atoms with Crippen LogP contribution in [-0.2, 0) is 36.9 Å². The van der Waals surface area contributed by atoms with Crippen LogP contribution in [0, 0.1) is 23.7 Å². The molecular formula is C60H46O4. The number of ether oxygens (including phenoxy) is 2. The van der Waals surface area contributed by atoms with Gasteiger partial charge in [-0.05, 0) is 139 Å². The molecule has 4 nitrogen and oxygen atoms in total. The number of rotatable bonds is 7. The van der Waals surface area contributed by atoms with Crippen molar-refractivity contribution in [3.8, 4) is 46.3 Å². The average molecular weight is 831 g/mol. The molecule has 0 fully saturated rings. The van der Waals surface area contributed by atoms with Gasteiger partial charge in [-0.3, -0.25) is 0 Å². The van der Waals surface area contributed by atoms with Crippen LogP contribution in [0.1, 0.15) is 77.9 Å². The minimum atomic E-state index is -0.800. The van der Waals surface area contributed by atoms with E-state index in [-0.39, 0.29) is 13.2 Å². The predicted octanol–water partition coefficient (Wildman–Crippen LogP) is 10.9. The Kier molecular flexibility index (Phi) is 10.7. The molecule has 0 saturated carbocycles. The van der Waals surface area contributed by atoms with Crippen LogP contribution in [0.3, 0.4) is 0 Å². The molecular weight excluding hydrogens is 785 g/mol. The third-order valence-corrected chi connectivity index (χ3v) is 13.0. The molecule has 10 rings (SSSR count). The Morgan fingerprint density at radius 2 is 0.781 bits per heavy atom. The molecule has 2 unspecified atom stereocenters. The molecule has 0 amide bonds. The Morgan fingerprint density at radius 3 is 1.14 bits per heavy atom. The maximum Gasteiger partial charge on any atom is 0.119 e. The van der Waals surface area contributed by atoms with Gasteiger partial charge in [0.2, 0.25) is 0 Å². The van der Waals surface area contributed by atoms with Crippen LogP contribution < -0.4 is 9.47 Å². The van der Waals surface area contributed by atoms with Crippen molar-refractivity contribution in [2.75, 3.05) is 14.2 Å². The Morgan fingerprint density at radius 1 is 0.422 bits per heavy atom. The van der Waals surface area contributed by atoms with E-state index in [4.69, 9.17) is 9.47 Å². The van der Waals surface area contributed by atoms with Gasteiger partial charge in [-0.1, -0.05) is 157 Å². The highest BCUT2D eigenvalue weighted by Crippen LogP contribution is 2.49. The zero-order chi connectivity index (χ0) is 43.7. The van der Waals surface area contributed by atoms with E-state index in [2.05, 4.69) is 121 Å². The van der Waals surface area contributed by atoms with Crippen LogP contribution in [-0.4, -0.2) is 24.4 Å². The van der Waals surface area contributed by atoms with E-state index in [1.165, 1.54) is 0 Å². The van der Waals surface area contributed by atoms with Crippen LogP contribution in [0.25, 0.3) is 11.1 Å². The number of hydrogen-bond donors (Lipinski definition) is 2. The fraction of sp³-hybridized carbons (Fsp3) is 0.133. The first-order valence-corrected chi connectivity index (χ1v) is 21.6. The summed E-state index contributed by atoms with van der Waals surface area (Å²) in [6.07, 6.45) is 1.41. The monoisotopic (exact) mass is 830 g/mol. The summed E-state index contributed by atoms with van der Waals surface area (Å²) in [5.74, 6) is 16.4. The van der Waals surface area contributed by atoms with Crippen molar-refractivity contribution in [2.45, 2.75) is 36.9 Å². The first-order chi connectivity index (χ1) is 31.4. The van der Waals surface area contributed by atoms with Crippen LogP contribution in [0.15, 0.2) is 182 Å². The summed E-state index contributed by atoms with van der Waals surface area (Å²) >= 11 is 0. The molecule has 0 radical (unpaired) electrons. The van der Waals surface area contributed by atoms with Crippen LogP contribution in [0.4, 0.5) is 0 Å². The van der Waals surface area contributed by atoms with Gasteiger partial charge in [0, 0.05) is 11.1 Å². The lowest BCUT2D eigenvalue weighted by Crippen LogP contribution is -2.34. The number of methoxy groups -OCH3 is 2. The average Bonchev–Trinajstić information content (AvgIpc) is 3.36. The molecule has 310 valence electrons. The molecule has 2 aliphatic carbocycles. The summed E-state index contributed by atoms with van der Waals surface area (Å²) in [5, 5.41) is 20.4. The van der Waals surface area contributed by atoms with E-state index < -0.39 is 10.8 Å². The second kappa shape index (κ2) is 16.9. The fourth-order valence-electron chi connectivity index (χ4n) is 9.87. The van der Waals surface area contributed by atoms with Gasteiger partial charge in [0.25, 0.3) is 0 Å². The molecule has 2 aliphatic rings. The summed E-state index contributed by atoms with van der Waals surface area (Å²) < 4.78 is 11.4. The summed E-state index contributed by atoms with van der Waals surface area (Å²) in [7, 11) is 3.40. The third-order valence-electron chi connectivity index (χ3n) is 13.0. The quantitative estimate of drug-likeness (QED) is 0.157. The molecule has 8 aromatic rings. The molecule has 2 atom stereocenters. The van der Waals surface area contributed by atoms with Crippen molar-refractivity contribution in [2.24, 2.45) is 0 Å². The molecule has 0 saturated heterocycles. The predicted molar refractivity (Wildman–Crippen MR) is 255 cm³/mol. The summed E-state index contributed by atoms with van der Waals surface area (Å²) in [4.78, 5) is 0. The zero-order valence-corrected chi connectivity index (χ0v) is 35.9. The lowest BCUT2D eigenvalue weighted by atomic mass is 9.62. The van der Waals surface area contributed by atoms with Gasteiger partial charge in [0.05, 0.1) is 27.4 Å². The molecule has 4 heteroatoms. The van der Waals surface area contributed by atoms with E-state index in [0.717, 1.165) is 101 Å². The van der Waals surface area contributed by atoms with Crippen LogP contribution >= 0.6 is 0 Å². The minimum absolute atomic E-state index is 0.0342. The molecule has 2 N–H and O–H groups in total. The Bertz CT molecular complexity index is 2820. The van der Waals surface area contributed by atoms with Crippen LogP contribution in [0.5, 0.6) is 11.5 Å². The molecule has 64 heavy (non-hydrogen) atoms. The summed E-state index contributed by atoms with van der Waals surface area (Å²) in [6, 6.07) is 63.2. The lowest BCUT2D eigenvalue weighted by Gasteiger charge is -2.38. The SMILES string of the molecule is COc1ccc2c(c1)Cc1cc(CO)ccc1C2(C#Cc1ccccc1)c1ccc(-c2ccc(C3(C#Cc4ccccc4)c4ccc(CO)cc4Cc4cc(OC)ccc43)cc2)cc1. The maximum absolute atomic E-state index is 10.2. The van der Waals surface area contributed by atoms with Gasteiger partial charge < -0.3 is 19.7 Å². The smallest absolute Gasteiger partial charge is 0.119 e. The van der Waals surface area contributed by atoms with E-state index in [1.807, 2.05) is 84.9 Å². The second-order valence-electron chi connectivity index (χ2n) is 16.6. The number of benzene rings is 8. The normalized spacial score (nSPS) is 16.6. The molecule has 0 bridgehead atoms. The topological polar surface area (TPSA) is 58.9 Å². The second-order valence-corrected chi connectivity index (χ2v) is 16.6. The van der Waals surface area contributed by atoms with E-state index >= 15 is 0 Å². The van der Waals surface area contributed by atoms with Crippen molar-refractivity contribution < 1.29 is 19.7 Å². The number of aliphatic hydroxyl groups is 2. The van der Waals surface area contributed by atoms with Crippen molar-refractivity contribution in [3.05, 3.63) is 260 Å². The van der Waals surface area contributed by atoms with Crippen LogP contribution in [0.2, 0.25) is 0 Å². The highest BCUT2D eigenvalue weighted by molar-refractivity contribution is 5.73. The van der Waals surface area contributed by atoms with E-state index in [9.17, 15) is 10.2 Å². The molecule has 8 aromatic carbocycles. The van der Waals surface area contributed by atoms with Gasteiger partial charge in [-0.2, -0.15) is 0 Å². The Labute approximate surface area is 375 Å². The third kappa shape index (κ3) is 7.04. The molecule has 0 aliphatic heterocycles. The fourth-order valence-corrected chi connectivity index (χ4v) is 9.87. The Balaban J connectivity index is 1.11. The van der Waals surface area contributed by atoms with Crippen molar-refractivity contribution in [1.82, 2.24) is 0 Å². The van der Waals surface area contributed by atoms with E-state index in [0.29, 0.717) is 12.8 Å². The van der Waals surface area contributed by atoms with E-state index in [1.54, 1.807) is 14.2 Å². The molecule has 0 heterocycles. The highest BCUT2D eigenvalue weighted by Gasteiger charge is 2.43. The van der Waals surface area contributed by atoms with Gasteiger partial charge in [0.15, 0.2) is 0 Å². The number of hydrogen-bond acceptors (Lipinski definition) is 4. The maximum atomic E-state index is 10.2. The largest absolute Gasteiger partial charge is 0.497 e. The lowest BCUT2D eigenvalue weighted by molar-refractivity contribution is 0.281. The minimum Gasteiger partial charge on any atom is -0.497 e.